The number of rotatable bonds is 3. The molecule has 130 valence electrons. The van der Waals surface area contributed by atoms with Crippen LogP contribution in [-0.2, 0) is 7.05 Å². The van der Waals surface area contributed by atoms with E-state index in [9.17, 15) is 9.59 Å². The third-order valence-electron chi connectivity index (χ3n) is 3.95. The van der Waals surface area contributed by atoms with Gasteiger partial charge in [-0.3, -0.25) is 9.59 Å². The molecule has 0 aliphatic rings. The van der Waals surface area contributed by atoms with Gasteiger partial charge in [0, 0.05) is 18.1 Å². The van der Waals surface area contributed by atoms with Gasteiger partial charge in [0.15, 0.2) is 0 Å². The van der Waals surface area contributed by atoms with E-state index in [0.717, 1.165) is 5.56 Å². The zero-order valence-corrected chi connectivity index (χ0v) is 15.7. The van der Waals surface area contributed by atoms with Crippen molar-refractivity contribution in [1.29, 1.82) is 0 Å². The fourth-order valence-corrected chi connectivity index (χ4v) is 3.72. The molecule has 0 atom stereocenters. The Morgan fingerprint density at radius 1 is 1.36 bits per heavy atom. The number of nitrogens with zero attached hydrogens (tertiary/aromatic N) is 2. The van der Waals surface area contributed by atoms with Gasteiger partial charge in [0.1, 0.15) is 10.6 Å². The number of hydrogen-bond acceptors (Lipinski definition) is 5. The van der Waals surface area contributed by atoms with Crippen molar-refractivity contribution in [2.45, 2.75) is 13.8 Å². The number of anilines is 1. The molecule has 6 nitrogen and oxygen atoms in total. The Kier molecular flexibility index (Phi) is 4.53. The maximum Gasteiger partial charge on any atom is 0.266 e. The number of hydrogen-bond donors (Lipinski definition) is 1. The number of benzene rings is 1. The maximum atomic E-state index is 12.7. The normalized spacial score (nSPS) is 10.9. The monoisotopic (exact) mass is 377 g/mol. The van der Waals surface area contributed by atoms with Crippen molar-refractivity contribution >= 4 is 44.7 Å². The third kappa shape index (κ3) is 3.01. The number of aromatic nitrogens is 2. The summed E-state index contributed by atoms with van der Waals surface area (Å²) in [6, 6.07) is 3.40. The van der Waals surface area contributed by atoms with Gasteiger partial charge in [-0.1, -0.05) is 11.6 Å². The summed E-state index contributed by atoms with van der Waals surface area (Å²) in [7, 11) is 3.14. The van der Waals surface area contributed by atoms with E-state index < -0.39 is 0 Å². The molecule has 0 radical (unpaired) electrons. The van der Waals surface area contributed by atoms with Gasteiger partial charge < -0.3 is 14.6 Å². The average Bonchev–Trinajstić information content (AvgIpc) is 2.91. The number of aryl methyl sites for hydroxylation is 3. The Balaban J connectivity index is 2.04. The summed E-state index contributed by atoms with van der Waals surface area (Å²) in [5.41, 5.74) is 1.79. The van der Waals surface area contributed by atoms with Crippen molar-refractivity contribution in [3.8, 4) is 5.75 Å². The van der Waals surface area contributed by atoms with Gasteiger partial charge in [-0.25, -0.2) is 4.98 Å². The second kappa shape index (κ2) is 6.50. The van der Waals surface area contributed by atoms with Crippen LogP contribution in [0.2, 0.25) is 5.02 Å². The largest absolute Gasteiger partial charge is 0.495 e. The van der Waals surface area contributed by atoms with Crippen molar-refractivity contribution in [2.75, 3.05) is 12.4 Å². The SMILES string of the molecule is COc1cc(Cl)c(C)cc1NC(=O)c1sc2ncn(C)c(=O)c2c1C. The number of thiophene rings is 1. The number of carbonyl (C=O) groups excluding carboxylic acids is 1. The predicted molar refractivity (Wildman–Crippen MR) is 100 cm³/mol. The molecule has 3 aromatic rings. The topological polar surface area (TPSA) is 73.2 Å². The average molecular weight is 378 g/mol. The van der Waals surface area contributed by atoms with Crippen LogP contribution < -0.4 is 15.6 Å². The van der Waals surface area contributed by atoms with Gasteiger partial charge in [-0.2, -0.15) is 0 Å². The summed E-state index contributed by atoms with van der Waals surface area (Å²) in [4.78, 5) is 30.3. The molecule has 0 unspecified atom stereocenters. The van der Waals surface area contributed by atoms with E-state index in [1.54, 1.807) is 26.1 Å². The van der Waals surface area contributed by atoms with Crippen LogP contribution in [0.3, 0.4) is 0 Å². The Hall–Kier alpha value is -2.38. The lowest BCUT2D eigenvalue weighted by molar-refractivity contribution is 0.102. The molecule has 1 aromatic carbocycles. The van der Waals surface area contributed by atoms with Crippen LogP contribution >= 0.6 is 22.9 Å². The molecular formula is C17H16ClN3O3S. The van der Waals surface area contributed by atoms with E-state index >= 15 is 0 Å². The highest BCUT2D eigenvalue weighted by molar-refractivity contribution is 7.20. The molecule has 0 bridgehead atoms. The Bertz CT molecular complexity index is 1060. The van der Waals surface area contributed by atoms with Gasteiger partial charge in [0.05, 0.1) is 29.4 Å². The van der Waals surface area contributed by atoms with E-state index in [0.29, 0.717) is 37.1 Å². The predicted octanol–water partition coefficient (Wildman–Crippen LogP) is 3.53. The lowest BCUT2D eigenvalue weighted by Gasteiger charge is -2.12. The summed E-state index contributed by atoms with van der Waals surface area (Å²) in [5.74, 6) is 0.152. The summed E-state index contributed by atoms with van der Waals surface area (Å²) in [6.07, 6.45) is 1.45. The van der Waals surface area contributed by atoms with Crippen LogP contribution in [0.5, 0.6) is 5.75 Å². The van der Waals surface area contributed by atoms with Gasteiger partial charge in [-0.15, -0.1) is 11.3 Å². The molecule has 0 spiro atoms. The molecule has 0 fully saturated rings. The molecule has 3 rings (SSSR count). The molecule has 8 heteroatoms. The van der Waals surface area contributed by atoms with Crippen LogP contribution in [0.15, 0.2) is 23.3 Å². The number of nitrogens with one attached hydrogen (secondary N) is 1. The highest BCUT2D eigenvalue weighted by atomic mass is 35.5. The van der Waals surface area contributed by atoms with Gasteiger partial charge in [-0.05, 0) is 31.0 Å². The smallest absolute Gasteiger partial charge is 0.266 e. The maximum absolute atomic E-state index is 12.7. The van der Waals surface area contributed by atoms with Crippen molar-refractivity contribution in [1.82, 2.24) is 9.55 Å². The summed E-state index contributed by atoms with van der Waals surface area (Å²) >= 11 is 7.28. The number of methoxy groups -OCH3 is 1. The number of halogens is 1. The first-order valence-corrected chi connectivity index (χ1v) is 8.63. The molecule has 0 aliphatic heterocycles. The number of amides is 1. The molecule has 2 aromatic heterocycles. The fraction of sp³-hybridized carbons (Fsp3) is 0.235. The summed E-state index contributed by atoms with van der Waals surface area (Å²) in [6.45, 7) is 3.59. The van der Waals surface area contributed by atoms with E-state index in [2.05, 4.69) is 10.3 Å². The van der Waals surface area contributed by atoms with Gasteiger partial charge in [0.2, 0.25) is 0 Å². The van der Waals surface area contributed by atoms with Crippen LogP contribution in [0, 0.1) is 13.8 Å². The minimum atomic E-state index is -0.317. The van der Waals surface area contributed by atoms with Crippen molar-refractivity contribution in [3.05, 3.63) is 49.8 Å². The number of ether oxygens (including phenoxy) is 1. The Morgan fingerprint density at radius 2 is 2.08 bits per heavy atom. The molecule has 2 heterocycles. The van der Waals surface area contributed by atoms with Crippen LogP contribution in [0.25, 0.3) is 10.2 Å². The molecule has 1 amide bonds. The van der Waals surface area contributed by atoms with Gasteiger partial charge in [0.25, 0.3) is 11.5 Å². The first-order chi connectivity index (χ1) is 11.8. The highest BCUT2D eigenvalue weighted by Gasteiger charge is 2.20. The molecule has 25 heavy (non-hydrogen) atoms. The second-order valence-electron chi connectivity index (χ2n) is 5.65. The van der Waals surface area contributed by atoms with Crippen molar-refractivity contribution in [2.24, 2.45) is 7.05 Å². The molecule has 0 saturated carbocycles. The third-order valence-corrected chi connectivity index (χ3v) is 5.55. The quantitative estimate of drug-likeness (QED) is 0.757. The van der Waals surface area contributed by atoms with Crippen molar-refractivity contribution < 1.29 is 9.53 Å². The Labute approximate surface area is 153 Å². The van der Waals surface area contributed by atoms with Crippen LogP contribution in [-0.4, -0.2) is 22.6 Å². The zero-order chi connectivity index (χ0) is 18.3. The molecule has 1 N–H and O–H groups in total. The van der Waals surface area contributed by atoms with Crippen LogP contribution in [0.1, 0.15) is 20.8 Å². The Morgan fingerprint density at radius 3 is 2.76 bits per heavy atom. The highest BCUT2D eigenvalue weighted by Crippen LogP contribution is 2.33. The van der Waals surface area contributed by atoms with Crippen LogP contribution in [0.4, 0.5) is 5.69 Å². The first-order valence-electron chi connectivity index (χ1n) is 7.43. The second-order valence-corrected chi connectivity index (χ2v) is 7.06. The minimum absolute atomic E-state index is 0.169. The number of fused-ring (bicyclic) bond motifs is 1. The summed E-state index contributed by atoms with van der Waals surface area (Å²) < 4.78 is 6.68. The van der Waals surface area contributed by atoms with Gasteiger partial charge >= 0.3 is 0 Å². The lowest BCUT2D eigenvalue weighted by Crippen LogP contribution is -2.17. The fourth-order valence-electron chi connectivity index (χ4n) is 2.53. The van der Waals surface area contributed by atoms with E-state index in [-0.39, 0.29) is 11.5 Å². The van der Waals surface area contributed by atoms with E-state index in [1.165, 1.54) is 29.3 Å². The van der Waals surface area contributed by atoms with E-state index in [1.807, 2.05) is 6.92 Å². The zero-order valence-electron chi connectivity index (χ0n) is 14.1. The minimum Gasteiger partial charge on any atom is -0.495 e. The van der Waals surface area contributed by atoms with E-state index in [4.69, 9.17) is 16.3 Å². The lowest BCUT2D eigenvalue weighted by atomic mass is 10.2. The first kappa shape index (κ1) is 17.4. The van der Waals surface area contributed by atoms with Crippen molar-refractivity contribution in [3.63, 3.8) is 0 Å². The molecule has 0 saturated heterocycles. The molecule has 0 aliphatic carbocycles. The summed E-state index contributed by atoms with van der Waals surface area (Å²) in [5, 5.41) is 3.86. The number of carbonyl (C=O) groups is 1. The molecular weight excluding hydrogens is 362 g/mol. The standard InChI is InChI=1S/C17H16ClN3O3S/c1-8-5-11(12(24-4)6-10(8)18)20-15(22)14-9(2)13-16(25-14)19-7-21(3)17(13)23/h5-7H,1-4H3,(H,20,22).